The zero-order chi connectivity index (χ0) is 14.8. The van der Waals surface area contributed by atoms with Gasteiger partial charge < -0.3 is 0 Å². The lowest BCUT2D eigenvalue weighted by molar-refractivity contribution is -0.123. The Morgan fingerprint density at radius 3 is 2.14 bits per heavy atom. The van der Waals surface area contributed by atoms with E-state index in [1.165, 1.54) is 4.90 Å². The van der Waals surface area contributed by atoms with E-state index in [1.54, 1.807) is 0 Å². The van der Waals surface area contributed by atoms with E-state index in [9.17, 15) is 9.59 Å². The zero-order valence-corrected chi connectivity index (χ0v) is 12.2. The smallest absolute Gasteiger partial charge is 0.237 e. The first-order valence-corrected chi connectivity index (χ1v) is 8.10. The maximum absolute atomic E-state index is 12.8. The minimum atomic E-state index is -0.0438. The summed E-state index contributed by atoms with van der Waals surface area (Å²) in [6, 6.07) is 13.9. The third-order valence-corrected chi connectivity index (χ3v) is 5.92. The Morgan fingerprint density at radius 2 is 1.45 bits per heavy atom. The predicted molar refractivity (Wildman–Crippen MR) is 84.3 cm³/mol. The number of hydrogen-bond donors (Lipinski definition) is 0. The van der Waals surface area contributed by atoms with Gasteiger partial charge in [-0.2, -0.15) is 0 Å². The summed E-state index contributed by atoms with van der Waals surface area (Å²) in [7, 11) is 0. The Labute approximate surface area is 128 Å². The van der Waals surface area contributed by atoms with Crippen molar-refractivity contribution in [2.75, 3.05) is 4.90 Å². The molecule has 2 bridgehead atoms. The highest BCUT2D eigenvalue weighted by Gasteiger charge is 2.61. The molecule has 0 radical (unpaired) electrons. The number of hydrogen-bond acceptors (Lipinski definition) is 2. The monoisotopic (exact) mass is 291 g/mol. The van der Waals surface area contributed by atoms with Gasteiger partial charge >= 0.3 is 0 Å². The molecule has 3 aliphatic rings. The second-order valence-corrected chi connectivity index (χ2v) is 6.93. The molecule has 0 N–H and O–H groups in total. The van der Waals surface area contributed by atoms with E-state index in [0.717, 1.165) is 35.7 Å². The number of benzene rings is 2. The molecule has 110 valence electrons. The Bertz CT molecular complexity index is 784. The van der Waals surface area contributed by atoms with Crippen LogP contribution >= 0.6 is 0 Å². The standard InChI is InChI=1S/C19H17NO2/c21-18-16-13-5-6-14(9-13)17(16)19(22)20(18)15-8-7-11-3-1-2-4-12(11)10-15/h1-4,7-8,10,13-14,16-17H,5-6,9H2/t13-,14+,16-,17+. The number of imide groups is 1. The van der Waals surface area contributed by atoms with Crippen LogP contribution in [-0.4, -0.2) is 11.8 Å². The van der Waals surface area contributed by atoms with Gasteiger partial charge in [-0.1, -0.05) is 30.3 Å². The highest BCUT2D eigenvalue weighted by Crippen LogP contribution is 2.56. The number of nitrogens with zero attached hydrogens (tertiary/aromatic N) is 1. The van der Waals surface area contributed by atoms with Crippen molar-refractivity contribution in [2.45, 2.75) is 19.3 Å². The van der Waals surface area contributed by atoms with Crippen LogP contribution in [0.1, 0.15) is 19.3 Å². The van der Waals surface area contributed by atoms with Crippen LogP contribution in [-0.2, 0) is 9.59 Å². The van der Waals surface area contributed by atoms with Crippen molar-refractivity contribution in [1.29, 1.82) is 0 Å². The molecule has 2 saturated carbocycles. The maximum Gasteiger partial charge on any atom is 0.237 e. The van der Waals surface area contributed by atoms with Gasteiger partial charge in [0.25, 0.3) is 0 Å². The van der Waals surface area contributed by atoms with Crippen molar-refractivity contribution in [1.82, 2.24) is 0 Å². The fourth-order valence-electron chi connectivity index (χ4n) is 4.98. The maximum atomic E-state index is 12.8. The summed E-state index contributed by atoms with van der Waals surface area (Å²) in [6.45, 7) is 0. The first-order valence-electron chi connectivity index (χ1n) is 8.10. The van der Waals surface area contributed by atoms with Crippen molar-refractivity contribution in [3.63, 3.8) is 0 Å². The van der Waals surface area contributed by atoms with Crippen molar-refractivity contribution in [2.24, 2.45) is 23.7 Å². The van der Waals surface area contributed by atoms with Gasteiger partial charge in [-0.3, -0.25) is 14.5 Å². The Kier molecular flexibility index (Phi) is 2.36. The summed E-state index contributed by atoms with van der Waals surface area (Å²) in [4.78, 5) is 27.1. The van der Waals surface area contributed by atoms with Crippen molar-refractivity contribution >= 4 is 28.3 Å². The minimum absolute atomic E-state index is 0.0393. The fourth-order valence-corrected chi connectivity index (χ4v) is 4.98. The van der Waals surface area contributed by atoms with E-state index in [0.29, 0.717) is 11.8 Å². The molecule has 5 rings (SSSR count). The molecule has 4 atom stereocenters. The number of carbonyl (C=O) groups excluding carboxylic acids is 2. The van der Waals surface area contributed by atoms with Crippen LogP contribution in [0.5, 0.6) is 0 Å². The predicted octanol–water partition coefficient (Wildman–Crippen LogP) is 3.38. The molecular formula is C19H17NO2. The number of carbonyl (C=O) groups is 2. The second kappa shape index (κ2) is 4.19. The molecule has 1 aliphatic heterocycles. The molecule has 1 saturated heterocycles. The molecule has 0 unspecified atom stereocenters. The lowest BCUT2D eigenvalue weighted by Crippen LogP contribution is -2.32. The molecule has 2 amide bonds. The van der Waals surface area contributed by atoms with Gasteiger partial charge in [0.2, 0.25) is 11.8 Å². The van der Waals surface area contributed by atoms with Crippen LogP contribution < -0.4 is 4.90 Å². The summed E-state index contributed by atoms with van der Waals surface area (Å²) in [5.74, 6) is 0.874. The van der Waals surface area contributed by atoms with E-state index in [-0.39, 0.29) is 23.7 Å². The lowest BCUT2D eigenvalue weighted by atomic mass is 9.81. The summed E-state index contributed by atoms with van der Waals surface area (Å²) in [5, 5.41) is 2.20. The van der Waals surface area contributed by atoms with Crippen LogP contribution in [0.25, 0.3) is 10.8 Å². The third-order valence-electron chi connectivity index (χ3n) is 5.92. The van der Waals surface area contributed by atoms with E-state index < -0.39 is 0 Å². The molecule has 3 nitrogen and oxygen atoms in total. The van der Waals surface area contributed by atoms with E-state index in [2.05, 4.69) is 0 Å². The Balaban J connectivity index is 1.59. The number of anilines is 1. The van der Waals surface area contributed by atoms with Crippen LogP contribution in [0, 0.1) is 23.7 Å². The molecule has 3 heteroatoms. The molecule has 22 heavy (non-hydrogen) atoms. The minimum Gasteiger partial charge on any atom is -0.274 e. The molecule has 0 spiro atoms. The normalized spacial score (nSPS) is 33.0. The largest absolute Gasteiger partial charge is 0.274 e. The van der Waals surface area contributed by atoms with Crippen molar-refractivity contribution in [3.05, 3.63) is 42.5 Å². The fraction of sp³-hybridized carbons (Fsp3) is 0.368. The molecule has 2 aromatic rings. The molecule has 3 fully saturated rings. The van der Waals surface area contributed by atoms with Crippen molar-refractivity contribution < 1.29 is 9.59 Å². The lowest BCUT2D eigenvalue weighted by Gasteiger charge is -2.19. The highest BCUT2D eigenvalue weighted by molar-refractivity contribution is 6.23. The molecule has 2 aromatic carbocycles. The molecule has 0 aromatic heterocycles. The first-order chi connectivity index (χ1) is 10.7. The Morgan fingerprint density at radius 1 is 0.818 bits per heavy atom. The van der Waals surface area contributed by atoms with Gasteiger partial charge in [-0.05, 0) is 54.0 Å². The average molecular weight is 291 g/mol. The van der Waals surface area contributed by atoms with Gasteiger partial charge in [-0.25, -0.2) is 0 Å². The molecular weight excluding hydrogens is 274 g/mol. The average Bonchev–Trinajstić information content (AvgIpc) is 3.21. The first kappa shape index (κ1) is 12.4. The van der Waals surface area contributed by atoms with Crippen LogP contribution in [0.3, 0.4) is 0 Å². The van der Waals surface area contributed by atoms with E-state index in [4.69, 9.17) is 0 Å². The van der Waals surface area contributed by atoms with Crippen LogP contribution in [0.2, 0.25) is 0 Å². The van der Waals surface area contributed by atoms with Gasteiger partial charge in [0.15, 0.2) is 0 Å². The number of amides is 2. The quantitative estimate of drug-likeness (QED) is 0.755. The van der Waals surface area contributed by atoms with Crippen LogP contribution in [0.15, 0.2) is 42.5 Å². The summed E-state index contributed by atoms with van der Waals surface area (Å²) in [6.07, 6.45) is 3.32. The van der Waals surface area contributed by atoms with Crippen molar-refractivity contribution in [3.8, 4) is 0 Å². The molecule has 2 aliphatic carbocycles. The van der Waals surface area contributed by atoms with E-state index >= 15 is 0 Å². The van der Waals surface area contributed by atoms with Crippen LogP contribution in [0.4, 0.5) is 5.69 Å². The summed E-state index contributed by atoms with van der Waals surface area (Å²) < 4.78 is 0. The Hall–Kier alpha value is -2.16. The number of rotatable bonds is 1. The highest BCUT2D eigenvalue weighted by atomic mass is 16.2. The van der Waals surface area contributed by atoms with Gasteiger partial charge in [0.05, 0.1) is 17.5 Å². The second-order valence-electron chi connectivity index (χ2n) is 6.93. The summed E-state index contributed by atoms with van der Waals surface area (Å²) in [5.41, 5.74) is 0.738. The molecule has 1 heterocycles. The van der Waals surface area contributed by atoms with E-state index in [1.807, 2.05) is 42.5 Å². The van der Waals surface area contributed by atoms with Gasteiger partial charge in [-0.15, -0.1) is 0 Å². The zero-order valence-electron chi connectivity index (χ0n) is 12.2. The third kappa shape index (κ3) is 1.46. The van der Waals surface area contributed by atoms with Gasteiger partial charge in [0, 0.05) is 0 Å². The number of fused-ring (bicyclic) bond motifs is 6. The van der Waals surface area contributed by atoms with Gasteiger partial charge in [0.1, 0.15) is 0 Å². The topological polar surface area (TPSA) is 37.4 Å². The summed E-state index contributed by atoms with van der Waals surface area (Å²) >= 11 is 0. The SMILES string of the molecule is O=C1[C@@H]2[C@@H]3CC[C@@H](C3)[C@@H]2C(=O)N1c1ccc2ccccc2c1.